The number of amides is 1. The Morgan fingerprint density at radius 1 is 1.50 bits per heavy atom. The molecule has 0 aromatic rings. The number of unbranched alkanes of at least 4 members (excludes halogenated alkanes) is 1. The number of aliphatic carboxylic acids is 1. The largest absolute Gasteiger partial charge is 0.481 e. The molecule has 4 N–H and O–H groups in total. The molecule has 3 atom stereocenters. The van der Waals surface area contributed by atoms with E-state index < -0.39 is 5.97 Å². The Morgan fingerprint density at radius 3 is 2.90 bits per heavy atom. The average Bonchev–Trinajstić information content (AvgIpc) is 2.37. The highest BCUT2D eigenvalue weighted by molar-refractivity contribution is 5.84. The van der Waals surface area contributed by atoms with Crippen LogP contribution < -0.4 is 11.1 Å². The molecule has 6 nitrogen and oxygen atoms in total. The molecule has 0 radical (unpaired) electrons. The predicted octanol–water partition coefficient (Wildman–Crippen LogP) is 0.944. The molecule has 0 aliphatic carbocycles. The van der Waals surface area contributed by atoms with Crippen LogP contribution in [0.5, 0.6) is 0 Å². The van der Waals surface area contributed by atoms with Gasteiger partial charge in [-0.15, -0.1) is 0 Å². The lowest BCUT2D eigenvalue weighted by Gasteiger charge is -2.20. The molecule has 1 aliphatic heterocycles. The maximum atomic E-state index is 11.9. The number of aliphatic imine (C=N–C) groups is 1. The van der Waals surface area contributed by atoms with Crippen molar-refractivity contribution in [2.24, 2.45) is 16.6 Å². The summed E-state index contributed by atoms with van der Waals surface area (Å²) in [7, 11) is 0. The number of carboxylic acids is 1. The Morgan fingerprint density at radius 2 is 2.25 bits per heavy atom. The third kappa shape index (κ3) is 6.65. The molecular weight excluding hydrogens is 258 g/mol. The highest BCUT2D eigenvalue weighted by Gasteiger charge is 2.21. The summed E-state index contributed by atoms with van der Waals surface area (Å²) in [5, 5.41) is 11.5. The number of rotatable bonds is 8. The first-order valence-corrected chi connectivity index (χ1v) is 7.25. The lowest BCUT2D eigenvalue weighted by Crippen LogP contribution is -2.36. The molecule has 114 valence electrons. The Bertz CT molecular complexity index is 358. The smallest absolute Gasteiger partial charge is 0.304 e. The number of nitrogens with two attached hydrogens (primary N) is 1. The first-order chi connectivity index (χ1) is 9.49. The van der Waals surface area contributed by atoms with Crippen LogP contribution in [0.25, 0.3) is 0 Å². The predicted molar refractivity (Wildman–Crippen MR) is 77.8 cm³/mol. The van der Waals surface area contributed by atoms with E-state index in [0.29, 0.717) is 18.9 Å². The first kappa shape index (κ1) is 16.6. The monoisotopic (exact) mass is 283 g/mol. The summed E-state index contributed by atoms with van der Waals surface area (Å²) < 4.78 is 0. The van der Waals surface area contributed by atoms with E-state index in [-0.39, 0.29) is 24.4 Å². The zero-order valence-corrected chi connectivity index (χ0v) is 12.0. The van der Waals surface area contributed by atoms with Gasteiger partial charge >= 0.3 is 5.97 Å². The quantitative estimate of drug-likeness (QED) is 0.577. The van der Waals surface area contributed by atoms with Gasteiger partial charge in [0.05, 0.1) is 6.42 Å². The van der Waals surface area contributed by atoms with Gasteiger partial charge in [-0.2, -0.15) is 0 Å². The van der Waals surface area contributed by atoms with Gasteiger partial charge in [-0.3, -0.25) is 14.6 Å². The van der Waals surface area contributed by atoms with Crippen molar-refractivity contribution in [2.75, 3.05) is 6.54 Å². The molecule has 0 spiro atoms. The molecule has 0 saturated heterocycles. The highest BCUT2D eigenvalue weighted by atomic mass is 16.4. The van der Waals surface area contributed by atoms with E-state index in [1.807, 2.05) is 6.21 Å². The van der Waals surface area contributed by atoms with E-state index >= 15 is 0 Å². The van der Waals surface area contributed by atoms with Gasteiger partial charge in [0, 0.05) is 12.6 Å². The molecule has 1 aliphatic rings. The van der Waals surface area contributed by atoms with Crippen molar-refractivity contribution in [3.8, 4) is 0 Å². The van der Waals surface area contributed by atoms with Crippen LogP contribution in [0.3, 0.4) is 0 Å². The Kier molecular flexibility index (Phi) is 7.22. The normalized spacial score (nSPS) is 23.3. The fourth-order valence-corrected chi connectivity index (χ4v) is 2.27. The Balaban J connectivity index is 2.09. The van der Waals surface area contributed by atoms with Crippen LogP contribution in [-0.2, 0) is 9.59 Å². The average molecular weight is 283 g/mol. The van der Waals surface area contributed by atoms with Crippen LogP contribution in [0.15, 0.2) is 4.99 Å². The third-order valence-electron chi connectivity index (χ3n) is 3.46. The van der Waals surface area contributed by atoms with Crippen molar-refractivity contribution < 1.29 is 14.7 Å². The van der Waals surface area contributed by atoms with E-state index in [1.165, 1.54) is 0 Å². The van der Waals surface area contributed by atoms with Crippen LogP contribution >= 0.6 is 0 Å². The van der Waals surface area contributed by atoms with Gasteiger partial charge in [0.25, 0.3) is 0 Å². The van der Waals surface area contributed by atoms with Crippen molar-refractivity contribution in [1.82, 2.24) is 5.32 Å². The summed E-state index contributed by atoms with van der Waals surface area (Å²) in [6, 6.07) is -0.542. The van der Waals surface area contributed by atoms with Crippen LogP contribution in [0.2, 0.25) is 0 Å². The van der Waals surface area contributed by atoms with Crippen molar-refractivity contribution in [1.29, 1.82) is 0 Å². The van der Waals surface area contributed by atoms with E-state index in [2.05, 4.69) is 17.2 Å². The molecule has 1 amide bonds. The second-order valence-electron chi connectivity index (χ2n) is 5.57. The zero-order valence-electron chi connectivity index (χ0n) is 12.0. The second kappa shape index (κ2) is 8.68. The molecule has 0 unspecified atom stereocenters. The molecule has 0 bridgehead atoms. The molecule has 1 rings (SSSR count). The number of carbonyl (C=O) groups is 2. The number of nitrogens with zero attached hydrogens (tertiary/aromatic N) is 1. The highest BCUT2D eigenvalue weighted by Crippen LogP contribution is 2.16. The van der Waals surface area contributed by atoms with Crippen LogP contribution in [-0.4, -0.2) is 41.8 Å². The molecule has 0 aromatic heterocycles. The molecule has 1 heterocycles. The summed E-state index contributed by atoms with van der Waals surface area (Å²) in [6.45, 7) is 2.72. The number of carbonyl (C=O) groups excluding carboxylic acids is 1. The van der Waals surface area contributed by atoms with Gasteiger partial charge in [-0.25, -0.2) is 0 Å². The minimum Gasteiger partial charge on any atom is -0.481 e. The van der Waals surface area contributed by atoms with Crippen molar-refractivity contribution in [3.63, 3.8) is 0 Å². The molecule has 0 fully saturated rings. The van der Waals surface area contributed by atoms with E-state index in [4.69, 9.17) is 10.8 Å². The van der Waals surface area contributed by atoms with Gasteiger partial charge in [0.2, 0.25) is 5.91 Å². The first-order valence-electron chi connectivity index (χ1n) is 7.25. The summed E-state index contributed by atoms with van der Waals surface area (Å²) in [6.07, 6.45) is 5.90. The number of hydrogen-bond acceptors (Lipinski definition) is 4. The fourth-order valence-electron chi connectivity index (χ4n) is 2.27. The van der Waals surface area contributed by atoms with E-state index in [9.17, 15) is 9.59 Å². The van der Waals surface area contributed by atoms with Crippen molar-refractivity contribution >= 4 is 18.1 Å². The lowest BCUT2D eigenvalue weighted by molar-refractivity contribution is -0.137. The minimum absolute atomic E-state index is 0.00103. The molecule has 6 heteroatoms. The maximum Gasteiger partial charge on any atom is 0.304 e. The van der Waals surface area contributed by atoms with Gasteiger partial charge in [-0.05, 0) is 37.8 Å². The molecule has 0 aromatic carbocycles. The fraction of sp³-hybridized carbons (Fsp3) is 0.786. The summed E-state index contributed by atoms with van der Waals surface area (Å²) in [5.41, 5.74) is 5.66. The molecule has 0 saturated carbocycles. The Hall–Kier alpha value is -1.43. The third-order valence-corrected chi connectivity index (χ3v) is 3.46. The van der Waals surface area contributed by atoms with Crippen LogP contribution in [0.4, 0.5) is 0 Å². The SMILES string of the molecule is C[C@H]1CC=N[C@@H](C(=O)NCCCC[C@H](N)CC(=O)O)C1. The number of hydrogen-bond donors (Lipinski definition) is 3. The number of carboxylic acid groups (broad SMARTS) is 1. The van der Waals surface area contributed by atoms with Crippen LogP contribution in [0.1, 0.15) is 45.4 Å². The molecular formula is C14H25N3O3. The van der Waals surface area contributed by atoms with Crippen molar-refractivity contribution in [2.45, 2.75) is 57.5 Å². The zero-order chi connectivity index (χ0) is 15.0. The summed E-state index contributed by atoms with van der Waals surface area (Å²) in [4.78, 5) is 26.5. The van der Waals surface area contributed by atoms with E-state index in [0.717, 1.165) is 25.7 Å². The molecule has 20 heavy (non-hydrogen) atoms. The minimum atomic E-state index is -0.866. The van der Waals surface area contributed by atoms with Gasteiger partial charge in [-0.1, -0.05) is 13.3 Å². The van der Waals surface area contributed by atoms with Gasteiger partial charge in [0.1, 0.15) is 6.04 Å². The topological polar surface area (TPSA) is 105 Å². The maximum absolute atomic E-state index is 11.9. The van der Waals surface area contributed by atoms with E-state index in [1.54, 1.807) is 0 Å². The summed E-state index contributed by atoms with van der Waals surface area (Å²) >= 11 is 0. The summed E-state index contributed by atoms with van der Waals surface area (Å²) in [5.74, 6) is -0.366. The number of nitrogens with one attached hydrogen (secondary N) is 1. The van der Waals surface area contributed by atoms with Gasteiger partial charge < -0.3 is 16.2 Å². The standard InChI is InChI=1S/C14H25N3O3/c1-10-5-7-16-12(8-10)14(20)17-6-3-2-4-11(15)9-13(18)19/h7,10-12H,2-6,8-9,15H2,1H3,(H,17,20)(H,18,19)/t10-,11-,12+/m0/s1. The lowest BCUT2D eigenvalue weighted by atomic mass is 9.96. The second-order valence-corrected chi connectivity index (χ2v) is 5.57. The van der Waals surface area contributed by atoms with Crippen LogP contribution in [0, 0.1) is 5.92 Å². The Labute approximate surface area is 119 Å². The van der Waals surface area contributed by atoms with Gasteiger partial charge in [0.15, 0.2) is 0 Å². The van der Waals surface area contributed by atoms with Crippen molar-refractivity contribution in [3.05, 3.63) is 0 Å².